The highest BCUT2D eigenvalue weighted by Crippen LogP contribution is 2.41. The van der Waals surface area contributed by atoms with Crippen molar-refractivity contribution in [2.75, 3.05) is 46.2 Å². The molecule has 7 heteroatoms. The molecule has 2 aromatic rings. The van der Waals surface area contributed by atoms with Gasteiger partial charge in [-0.15, -0.1) is 0 Å². The molecule has 0 spiro atoms. The lowest BCUT2D eigenvalue weighted by Crippen LogP contribution is -2.32. The van der Waals surface area contributed by atoms with Crippen LogP contribution in [0.5, 0.6) is 5.75 Å². The van der Waals surface area contributed by atoms with Crippen molar-refractivity contribution >= 4 is 23.1 Å². The molecular weight excluding hydrogens is 430 g/mol. The Balaban J connectivity index is 1.77. The van der Waals surface area contributed by atoms with Gasteiger partial charge in [-0.05, 0) is 75.4 Å². The van der Waals surface area contributed by atoms with Gasteiger partial charge in [0.15, 0.2) is 0 Å². The van der Waals surface area contributed by atoms with E-state index in [4.69, 9.17) is 4.74 Å². The van der Waals surface area contributed by atoms with Gasteiger partial charge in [-0.1, -0.05) is 12.1 Å². The number of ether oxygens (including phenoxy) is 1. The molecule has 2 atom stereocenters. The average molecular weight is 464 g/mol. The monoisotopic (exact) mass is 463 g/mol. The number of hydrogen-bond acceptors (Lipinski definition) is 6. The number of aliphatic hydroxyl groups excluding tert-OH is 1. The van der Waals surface area contributed by atoms with E-state index in [9.17, 15) is 14.7 Å². The third kappa shape index (κ3) is 4.53. The number of carbonyl (C=O) groups excluding carboxylic acids is 2. The molecular formula is C27H33N3O4. The maximum Gasteiger partial charge on any atom is 0.295 e. The van der Waals surface area contributed by atoms with Crippen molar-refractivity contribution in [3.05, 3.63) is 64.7 Å². The van der Waals surface area contributed by atoms with Crippen molar-refractivity contribution in [3.63, 3.8) is 0 Å². The SMILES string of the molecule is C[C@H]1Cc2cc(/C(O)=C3\C(=O)C(=O)N(CCCN(C)C)[C@H]3c3ccc(N(C)C)cc3)ccc2O1. The van der Waals surface area contributed by atoms with E-state index < -0.39 is 17.7 Å². The number of rotatable bonds is 7. The van der Waals surface area contributed by atoms with Crippen molar-refractivity contribution in [2.45, 2.75) is 31.9 Å². The largest absolute Gasteiger partial charge is 0.507 e. The first kappa shape index (κ1) is 23.8. The van der Waals surface area contributed by atoms with Crippen LogP contribution in [0.2, 0.25) is 0 Å². The van der Waals surface area contributed by atoms with Crippen LogP contribution in [0.25, 0.3) is 5.76 Å². The van der Waals surface area contributed by atoms with E-state index in [1.807, 2.05) is 81.3 Å². The summed E-state index contributed by atoms with van der Waals surface area (Å²) in [4.78, 5) is 32.0. The van der Waals surface area contributed by atoms with E-state index in [1.165, 1.54) is 0 Å². The van der Waals surface area contributed by atoms with Gasteiger partial charge in [0.25, 0.3) is 11.7 Å². The summed E-state index contributed by atoms with van der Waals surface area (Å²) in [7, 11) is 7.87. The zero-order valence-electron chi connectivity index (χ0n) is 20.5. The summed E-state index contributed by atoms with van der Waals surface area (Å²) < 4.78 is 5.77. The second-order valence-corrected chi connectivity index (χ2v) is 9.59. The lowest BCUT2D eigenvalue weighted by molar-refractivity contribution is -0.139. The van der Waals surface area contributed by atoms with Gasteiger partial charge in [-0.3, -0.25) is 9.59 Å². The molecule has 0 radical (unpaired) electrons. The lowest BCUT2D eigenvalue weighted by Gasteiger charge is -2.26. The van der Waals surface area contributed by atoms with Crippen molar-refractivity contribution in [1.82, 2.24) is 9.80 Å². The van der Waals surface area contributed by atoms with Crippen molar-refractivity contribution in [3.8, 4) is 5.75 Å². The summed E-state index contributed by atoms with van der Waals surface area (Å²) in [6, 6.07) is 12.6. The van der Waals surface area contributed by atoms with Gasteiger partial charge in [-0.2, -0.15) is 0 Å². The standard InChI is InChI=1S/C27H33N3O4/c1-17-15-20-16-19(9-12-22(20)34-17)25(31)23-24(18-7-10-21(11-8-18)29(4)5)30(27(33)26(23)32)14-6-13-28(2)3/h7-12,16-17,24,31H,6,13-15H2,1-5H3/b25-23+/t17-,24-/m0/s1. The molecule has 1 amide bonds. The zero-order chi connectivity index (χ0) is 24.6. The van der Waals surface area contributed by atoms with Crippen molar-refractivity contribution in [2.24, 2.45) is 0 Å². The predicted molar refractivity (Wildman–Crippen MR) is 133 cm³/mol. The summed E-state index contributed by atoms with van der Waals surface area (Å²) in [5, 5.41) is 11.3. The number of aliphatic hydroxyl groups is 1. The fraction of sp³-hybridized carbons (Fsp3) is 0.407. The summed E-state index contributed by atoms with van der Waals surface area (Å²) in [6.07, 6.45) is 1.54. The molecule has 2 heterocycles. The second kappa shape index (κ2) is 9.50. The van der Waals surface area contributed by atoms with Gasteiger partial charge in [-0.25, -0.2) is 0 Å². The Bertz CT molecular complexity index is 1120. The molecule has 7 nitrogen and oxygen atoms in total. The Kier molecular flexibility index (Phi) is 6.66. The van der Waals surface area contributed by atoms with Crippen LogP contribution in [-0.4, -0.2) is 74.0 Å². The van der Waals surface area contributed by atoms with E-state index in [0.29, 0.717) is 12.1 Å². The van der Waals surface area contributed by atoms with Crippen LogP contribution in [0, 0.1) is 0 Å². The number of hydrogen-bond donors (Lipinski definition) is 1. The van der Waals surface area contributed by atoms with Gasteiger partial charge in [0, 0.05) is 38.3 Å². The van der Waals surface area contributed by atoms with Crippen molar-refractivity contribution < 1.29 is 19.4 Å². The van der Waals surface area contributed by atoms with E-state index in [1.54, 1.807) is 11.0 Å². The second-order valence-electron chi connectivity index (χ2n) is 9.59. The number of ketones is 1. The number of benzene rings is 2. The Morgan fingerprint density at radius 2 is 1.79 bits per heavy atom. The molecule has 1 saturated heterocycles. The van der Waals surface area contributed by atoms with Crippen LogP contribution in [0.15, 0.2) is 48.0 Å². The number of nitrogens with zero attached hydrogens (tertiary/aromatic N) is 3. The highest BCUT2D eigenvalue weighted by molar-refractivity contribution is 6.46. The van der Waals surface area contributed by atoms with Crippen LogP contribution < -0.4 is 9.64 Å². The summed E-state index contributed by atoms with van der Waals surface area (Å²) in [5.74, 6) is -0.559. The maximum absolute atomic E-state index is 13.2. The third-order valence-electron chi connectivity index (χ3n) is 6.44. The quantitative estimate of drug-likeness (QED) is 0.385. The fourth-order valence-corrected chi connectivity index (χ4v) is 4.69. The highest BCUT2D eigenvalue weighted by Gasteiger charge is 2.45. The zero-order valence-corrected chi connectivity index (χ0v) is 20.5. The van der Waals surface area contributed by atoms with Gasteiger partial charge < -0.3 is 24.5 Å². The number of likely N-dealkylation sites (tertiary alicyclic amines) is 1. The summed E-state index contributed by atoms with van der Waals surface area (Å²) in [5.41, 5.74) is 3.47. The average Bonchev–Trinajstić information content (AvgIpc) is 3.29. The van der Waals surface area contributed by atoms with Crippen LogP contribution in [-0.2, 0) is 16.0 Å². The van der Waals surface area contributed by atoms with E-state index >= 15 is 0 Å². The maximum atomic E-state index is 13.2. The summed E-state index contributed by atoms with van der Waals surface area (Å²) >= 11 is 0. The van der Waals surface area contributed by atoms with Crippen molar-refractivity contribution in [1.29, 1.82) is 0 Å². The molecule has 180 valence electrons. The van der Waals surface area contributed by atoms with Crippen LogP contribution >= 0.6 is 0 Å². The van der Waals surface area contributed by atoms with Gasteiger partial charge >= 0.3 is 0 Å². The molecule has 2 aliphatic rings. The van der Waals surface area contributed by atoms with E-state index in [0.717, 1.165) is 42.0 Å². The topological polar surface area (TPSA) is 73.3 Å². The first-order chi connectivity index (χ1) is 16.2. The molecule has 34 heavy (non-hydrogen) atoms. The van der Waals surface area contributed by atoms with Gasteiger partial charge in [0.2, 0.25) is 0 Å². The first-order valence-electron chi connectivity index (χ1n) is 11.7. The summed E-state index contributed by atoms with van der Waals surface area (Å²) in [6.45, 7) is 3.21. The van der Waals surface area contributed by atoms with Crippen LogP contribution in [0.4, 0.5) is 5.69 Å². The number of amides is 1. The number of fused-ring (bicyclic) bond motifs is 1. The molecule has 0 saturated carbocycles. The lowest BCUT2D eigenvalue weighted by atomic mass is 9.94. The van der Waals surface area contributed by atoms with Crippen LogP contribution in [0.3, 0.4) is 0 Å². The highest BCUT2D eigenvalue weighted by atomic mass is 16.5. The molecule has 1 fully saturated rings. The van der Waals surface area contributed by atoms with E-state index in [-0.39, 0.29) is 17.4 Å². The number of anilines is 1. The first-order valence-corrected chi connectivity index (χ1v) is 11.7. The van der Waals surface area contributed by atoms with Gasteiger partial charge in [0.05, 0.1) is 11.6 Å². The molecule has 2 aliphatic heterocycles. The Hall–Kier alpha value is -3.32. The minimum Gasteiger partial charge on any atom is -0.507 e. The Morgan fingerprint density at radius 1 is 1.09 bits per heavy atom. The predicted octanol–water partition coefficient (Wildman–Crippen LogP) is 3.45. The molecule has 0 aromatic heterocycles. The molecule has 2 aromatic carbocycles. The molecule has 1 N–H and O–H groups in total. The Morgan fingerprint density at radius 3 is 2.44 bits per heavy atom. The molecule has 4 rings (SSSR count). The third-order valence-corrected chi connectivity index (χ3v) is 6.44. The normalized spacial score (nSPS) is 21.2. The Labute approximate surface area is 201 Å². The minimum absolute atomic E-state index is 0.0740. The number of carbonyl (C=O) groups is 2. The fourth-order valence-electron chi connectivity index (χ4n) is 4.69. The molecule has 0 bridgehead atoms. The number of Topliss-reactive ketones (excluding diaryl/α,β-unsaturated/α-hetero) is 1. The van der Waals surface area contributed by atoms with Gasteiger partial charge in [0.1, 0.15) is 17.6 Å². The van der Waals surface area contributed by atoms with Crippen LogP contribution in [0.1, 0.15) is 36.1 Å². The molecule has 0 aliphatic carbocycles. The van der Waals surface area contributed by atoms with E-state index in [2.05, 4.69) is 0 Å². The molecule has 0 unspecified atom stereocenters. The minimum atomic E-state index is -0.644. The smallest absolute Gasteiger partial charge is 0.295 e.